The molecule has 0 radical (unpaired) electrons. The summed E-state index contributed by atoms with van der Waals surface area (Å²) in [6.07, 6.45) is 4.22. The molecule has 1 aliphatic rings. The highest BCUT2D eigenvalue weighted by molar-refractivity contribution is 5.79. The van der Waals surface area contributed by atoms with Crippen LogP contribution < -0.4 is 25.8 Å². The maximum atomic E-state index is 13.5. The van der Waals surface area contributed by atoms with E-state index in [2.05, 4.69) is 22.8 Å². The molecule has 3 rings (SSSR count). The highest BCUT2D eigenvalue weighted by Crippen LogP contribution is 2.35. The minimum atomic E-state index is -0.454. The SMILES string of the molecule is COc1cc(CCN[C@H]2CC[C@@H](c3ccc(OCC(=O)NCCC(N)=O)cc3)C2)ccc1F. The summed E-state index contributed by atoms with van der Waals surface area (Å²) in [5.41, 5.74) is 7.35. The van der Waals surface area contributed by atoms with Crippen LogP contribution in [-0.4, -0.2) is 44.7 Å². The smallest absolute Gasteiger partial charge is 0.257 e. The van der Waals surface area contributed by atoms with Gasteiger partial charge in [-0.05, 0) is 73.5 Å². The van der Waals surface area contributed by atoms with Crippen molar-refractivity contribution in [3.05, 3.63) is 59.4 Å². The van der Waals surface area contributed by atoms with Gasteiger partial charge in [0, 0.05) is 19.0 Å². The lowest BCUT2D eigenvalue weighted by molar-refractivity contribution is -0.123. The molecule has 0 saturated heterocycles. The summed E-state index contributed by atoms with van der Waals surface area (Å²) in [6.45, 7) is 0.944. The number of hydrogen-bond acceptors (Lipinski definition) is 5. The van der Waals surface area contributed by atoms with Crippen LogP contribution >= 0.6 is 0 Å². The van der Waals surface area contributed by atoms with Gasteiger partial charge in [0.05, 0.1) is 7.11 Å². The number of carbonyl (C=O) groups is 2. The number of methoxy groups -OCH3 is 1. The standard InChI is InChI=1S/C25H32FN3O4/c1-32-23-14-17(2-9-22(23)26)10-12-28-20-6-3-19(15-20)18-4-7-21(8-5-18)33-16-25(31)29-13-11-24(27)30/h2,4-5,7-9,14,19-20,28H,3,6,10-13,15-16H2,1H3,(H2,27,30)(H,29,31)/t19-,20+/m1/s1. The predicted octanol–water partition coefficient (Wildman–Crippen LogP) is 2.67. The zero-order valence-corrected chi connectivity index (χ0v) is 18.9. The topological polar surface area (TPSA) is 103 Å². The van der Waals surface area contributed by atoms with Gasteiger partial charge >= 0.3 is 0 Å². The molecular formula is C25H32FN3O4. The first-order valence-corrected chi connectivity index (χ1v) is 11.3. The van der Waals surface area contributed by atoms with Crippen molar-refractivity contribution in [2.24, 2.45) is 5.73 Å². The lowest BCUT2D eigenvalue weighted by Gasteiger charge is -2.14. The summed E-state index contributed by atoms with van der Waals surface area (Å²) in [5.74, 6) is 0.317. The quantitative estimate of drug-likeness (QED) is 0.455. The van der Waals surface area contributed by atoms with Crippen LogP contribution in [0, 0.1) is 5.82 Å². The van der Waals surface area contributed by atoms with Crippen LogP contribution in [0.4, 0.5) is 4.39 Å². The number of halogens is 1. The molecule has 0 aromatic heterocycles. The van der Waals surface area contributed by atoms with E-state index in [1.807, 2.05) is 12.1 Å². The van der Waals surface area contributed by atoms with Crippen molar-refractivity contribution < 1.29 is 23.5 Å². The van der Waals surface area contributed by atoms with Crippen LogP contribution in [0.5, 0.6) is 11.5 Å². The Morgan fingerprint density at radius 3 is 2.64 bits per heavy atom. The molecule has 0 unspecified atom stereocenters. The van der Waals surface area contributed by atoms with E-state index in [0.717, 1.165) is 37.8 Å². The second-order valence-electron chi connectivity index (χ2n) is 8.30. The molecule has 0 heterocycles. The normalized spacial score (nSPS) is 17.5. The molecule has 2 amide bonds. The zero-order valence-electron chi connectivity index (χ0n) is 18.9. The Balaban J connectivity index is 1.38. The summed E-state index contributed by atoms with van der Waals surface area (Å²) in [7, 11) is 1.48. The average molecular weight is 458 g/mol. The summed E-state index contributed by atoms with van der Waals surface area (Å²) >= 11 is 0. The summed E-state index contributed by atoms with van der Waals surface area (Å²) in [4.78, 5) is 22.4. The van der Waals surface area contributed by atoms with Crippen molar-refractivity contribution in [2.45, 2.75) is 44.1 Å². The third-order valence-corrected chi connectivity index (χ3v) is 5.91. The lowest BCUT2D eigenvalue weighted by Crippen LogP contribution is -2.31. The number of benzene rings is 2. The Kier molecular flexibility index (Phi) is 9.06. The average Bonchev–Trinajstić information content (AvgIpc) is 3.28. The maximum absolute atomic E-state index is 13.5. The minimum Gasteiger partial charge on any atom is -0.494 e. The van der Waals surface area contributed by atoms with E-state index in [1.54, 1.807) is 12.1 Å². The Morgan fingerprint density at radius 1 is 1.12 bits per heavy atom. The van der Waals surface area contributed by atoms with E-state index in [4.69, 9.17) is 15.2 Å². The second-order valence-corrected chi connectivity index (χ2v) is 8.30. The van der Waals surface area contributed by atoms with E-state index in [1.165, 1.54) is 18.7 Å². The first kappa shape index (κ1) is 24.5. The molecule has 2 aromatic rings. The van der Waals surface area contributed by atoms with Crippen LogP contribution in [0.15, 0.2) is 42.5 Å². The fourth-order valence-corrected chi connectivity index (χ4v) is 4.11. The molecule has 0 bridgehead atoms. The number of ether oxygens (including phenoxy) is 2. The number of primary amides is 1. The van der Waals surface area contributed by atoms with Gasteiger partial charge < -0.3 is 25.8 Å². The first-order chi connectivity index (χ1) is 15.9. The number of nitrogens with two attached hydrogens (primary N) is 1. The number of amides is 2. The molecule has 1 aliphatic carbocycles. The van der Waals surface area contributed by atoms with Crippen LogP contribution in [0.25, 0.3) is 0 Å². The number of hydrogen-bond donors (Lipinski definition) is 3. The number of carbonyl (C=O) groups excluding carboxylic acids is 2. The van der Waals surface area contributed by atoms with Gasteiger partial charge in [-0.2, -0.15) is 0 Å². The molecule has 2 atom stereocenters. The molecular weight excluding hydrogens is 425 g/mol. The van der Waals surface area contributed by atoms with Crippen LogP contribution in [0.2, 0.25) is 0 Å². The number of nitrogens with one attached hydrogen (secondary N) is 2. The van der Waals surface area contributed by atoms with Crippen molar-refractivity contribution in [2.75, 3.05) is 26.8 Å². The largest absolute Gasteiger partial charge is 0.494 e. The summed E-state index contributed by atoms with van der Waals surface area (Å²) < 4.78 is 24.1. The molecule has 7 nitrogen and oxygen atoms in total. The van der Waals surface area contributed by atoms with Gasteiger partial charge in [-0.15, -0.1) is 0 Å². The maximum Gasteiger partial charge on any atom is 0.257 e. The highest BCUT2D eigenvalue weighted by Gasteiger charge is 2.25. The second kappa shape index (κ2) is 12.2. The van der Waals surface area contributed by atoms with E-state index < -0.39 is 5.91 Å². The van der Waals surface area contributed by atoms with Gasteiger partial charge in [-0.25, -0.2) is 4.39 Å². The molecule has 178 valence electrons. The molecule has 8 heteroatoms. The van der Waals surface area contributed by atoms with Gasteiger partial charge in [0.2, 0.25) is 5.91 Å². The van der Waals surface area contributed by atoms with E-state index >= 15 is 0 Å². The monoisotopic (exact) mass is 457 g/mol. The van der Waals surface area contributed by atoms with E-state index in [-0.39, 0.29) is 37.0 Å². The Labute approximate surface area is 193 Å². The van der Waals surface area contributed by atoms with Crippen molar-refractivity contribution in [1.82, 2.24) is 10.6 Å². The predicted molar refractivity (Wildman–Crippen MR) is 124 cm³/mol. The van der Waals surface area contributed by atoms with Gasteiger partial charge in [0.15, 0.2) is 18.2 Å². The van der Waals surface area contributed by atoms with Crippen molar-refractivity contribution in [1.29, 1.82) is 0 Å². The van der Waals surface area contributed by atoms with Crippen LogP contribution in [0.1, 0.15) is 42.7 Å². The van der Waals surface area contributed by atoms with Crippen LogP contribution in [0.3, 0.4) is 0 Å². The molecule has 33 heavy (non-hydrogen) atoms. The number of rotatable bonds is 12. The fourth-order valence-electron chi connectivity index (χ4n) is 4.11. The Morgan fingerprint density at radius 2 is 1.91 bits per heavy atom. The molecule has 0 aliphatic heterocycles. The Hall–Kier alpha value is -3.13. The zero-order chi connectivity index (χ0) is 23.6. The van der Waals surface area contributed by atoms with Gasteiger partial charge in [-0.1, -0.05) is 18.2 Å². The summed E-state index contributed by atoms with van der Waals surface area (Å²) in [5, 5.41) is 6.20. The molecule has 0 spiro atoms. The summed E-state index contributed by atoms with van der Waals surface area (Å²) in [6, 6.07) is 13.3. The third kappa shape index (κ3) is 7.75. The van der Waals surface area contributed by atoms with Crippen molar-refractivity contribution >= 4 is 11.8 Å². The highest BCUT2D eigenvalue weighted by atomic mass is 19.1. The van der Waals surface area contributed by atoms with E-state index in [9.17, 15) is 14.0 Å². The molecule has 4 N–H and O–H groups in total. The molecule has 1 fully saturated rings. The molecule has 1 saturated carbocycles. The van der Waals surface area contributed by atoms with Crippen molar-refractivity contribution in [3.63, 3.8) is 0 Å². The van der Waals surface area contributed by atoms with Crippen molar-refractivity contribution in [3.8, 4) is 11.5 Å². The van der Waals surface area contributed by atoms with E-state index in [0.29, 0.717) is 17.7 Å². The minimum absolute atomic E-state index is 0.104. The van der Waals surface area contributed by atoms with Gasteiger partial charge in [0.25, 0.3) is 5.91 Å². The Bertz CT molecular complexity index is 936. The van der Waals surface area contributed by atoms with Gasteiger partial charge in [-0.3, -0.25) is 9.59 Å². The van der Waals surface area contributed by atoms with Gasteiger partial charge in [0.1, 0.15) is 5.75 Å². The fraction of sp³-hybridized carbons (Fsp3) is 0.440. The third-order valence-electron chi connectivity index (χ3n) is 5.91. The first-order valence-electron chi connectivity index (χ1n) is 11.3. The lowest BCUT2D eigenvalue weighted by atomic mass is 9.97. The van der Waals surface area contributed by atoms with Crippen LogP contribution in [-0.2, 0) is 16.0 Å². The molecule has 2 aromatic carbocycles.